The molecule has 0 saturated heterocycles. The summed E-state index contributed by atoms with van der Waals surface area (Å²) in [4.78, 5) is 14.0. The molecular formula is C8H15N4O2+. The van der Waals surface area contributed by atoms with Gasteiger partial charge in [-0.25, -0.2) is 0 Å². The lowest BCUT2D eigenvalue weighted by atomic mass is 10.3. The average Bonchev–Trinajstić information content (AvgIpc) is 2.29. The van der Waals surface area contributed by atoms with E-state index in [0.717, 1.165) is 0 Å². The predicted molar refractivity (Wildman–Crippen MR) is 51.6 cm³/mol. The lowest BCUT2D eigenvalue weighted by molar-refractivity contribution is -0.884. The second-order valence-electron chi connectivity index (χ2n) is 4.33. The molecule has 0 aliphatic heterocycles. The minimum absolute atomic E-state index is 0.0412. The Balaban J connectivity index is 3.06. The number of imidazole rings is 1. The number of quaternary nitrogens is 1. The number of nitro groups is 1. The molecule has 0 fully saturated rings. The van der Waals surface area contributed by atoms with Gasteiger partial charge in [0, 0.05) is 7.05 Å². The smallest absolute Gasteiger partial charge is 0.358 e. The van der Waals surface area contributed by atoms with Crippen molar-refractivity contribution in [3.8, 4) is 0 Å². The molecule has 0 atom stereocenters. The van der Waals surface area contributed by atoms with Gasteiger partial charge in [-0.3, -0.25) is 0 Å². The van der Waals surface area contributed by atoms with Gasteiger partial charge in [-0.1, -0.05) is 0 Å². The summed E-state index contributed by atoms with van der Waals surface area (Å²) in [5, 5.41) is 10.6. The second-order valence-corrected chi connectivity index (χ2v) is 4.33. The summed E-state index contributed by atoms with van der Waals surface area (Å²) in [7, 11) is 7.72. The molecule has 0 spiro atoms. The maximum Gasteiger partial charge on any atom is 0.390 e. The van der Waals surface area contributed by atoms with Gasteiger partial charge in [-0.2, -0.15) is 0 Å². The van der Waals surface area contributed by atoms with Crippen molar-refractivity contribution in [1.29, 1.82) is 0 Å². The van der Waals surface area contributed by atoms with Gasteiger partial charge in [0.25, 0.3) is 0 Å². The minimum Gasteiger partial charge on any atom is -0.358 e. The molecule has 0 aliphatic carbocycles. The van der Waals surface area contributed by atoms with Crippen LogP contribution < -0.4 is 0 Å². The summed E-state index contributed by atoms with van der Waals surface area (Å²) in [6.07, 6.45) is 1.48. The summed E-state index contributed by atoms with van der Waals surface area (Å²) >= 11 is 0. The molecule has 1 aromatic heterocycles. The van der Waals surface area contributed by atoms with Crippen LogP contribution in [0.5, 0.6) is 0 Å². The molecule has 0 saturated carbocycles. The molecule has 0 N–H and O–H groups in total. The van der Waals surface area contributed by atoms with Crippen LogP contribution in [0, 0.1) is 10.1 Å². The van der Waals surface area contributed by atoms with E-state index in [0.29, 0.717) is 16.7 Å². The van der Waals surface area contributed by atoms with Crippen LogP contribution in [0.1, 0.15) is 5.69 Å². The quantitative estimate of drug-likeness (QED) is 0.405. The molecule has 0 unspecified atom stereocenters. The normalized spacial score (nSPS) is 11.7. The zero-order valence-corrected chi connectivity index (χ0v) is 8.89. The molecule has 78 valence electrons. The standard InChI is InChI=1S/C8H15N4O2/c1-10-6-9-8(11(13)14)7(10)5-12(2,3)4/h6H,5H2,1-4H3/q+1. The highest BCUT2D eigenvalue weighted by Crippen LogP contribution is 2.17. The van der Waals surface area contributed by atoms with E-state index in [1.54, 1.807) is 11.6 Å². The van der Waals surface area contributed by atoms with Gasteiger partial charge in [0.15, 0.2) is 5.69 Å². The Labute approximate surface area is 82.5 Å². The third kappa shape index (κ3) is 2.29. The molecule has 1 aromatic rings. The summed E-state index contributed by atoms with van der Waals surface area (Å²) in [5.41, 5.74) is 0.655. The van der Waals surface area contributed by atoms with Crippen molar-refractivity contribution in [2.45, 2.75) is 6.54 Å². The topological polar surface area (TPSA) is 61.0 Å². The largest absolute Gasteiger partial charge is 0.390 e. The van der Waals surface area contributed by atoms with Crippen LogP contribution in [-0.2, 0) is 13.6 Å². The number of aryl methyl sites for hydroxylation is 1. The molecule has 0 aromatic carbocycles. The highest BCUT2D eigenvalue weighted by atomic mass is 16.6. The Hall–Kier alpha value is -1.43. The predicted octanol–water partition coefficient (Wildman–Crippen LogP) is 0.534. The first-order valence-corrected chi connectivity index (χ1v) is 4.26. The lowest BCUT2D eigenvalue weighted by Gasteiger charge is -2.23. The molecule has 14 heavy (non-hydrogen) atoms. The van der Waals surface area contributed by atoms with Gasteiger partial charge < -0.3 is 19.2 Å². The first-order valence-electron chi connectivity index (χ1n) is 4.26. The zero-order valence-electron chi connectivity index (χ0n) is 8.89. The van der Waals surface area contributed by atoms with E-state index in [2.05, 4.69) is 4.98 Å². The fourth-order valence-electron chi connectivity index (χ4n) is 1.23. The van der Waals surface area contributed by atoms with Crippen molar-refractivity contribution in [2.75, 3.05) is 21.1 Å². The van der Waals surface area contributed by atoms with E-state index in [-0.39, 0.29) is 5.82 Å². The Kier molecular flexibility index (Phi) is 2.57. The van der Waals surface area contributed by atoms with Crippen molar-refractivity contribution >= 4 is 5.82 Å². The van der Waals surface area contributed by atoms with E-state index in [1.807, 2.05) is 21.1 Å². The van der Waals surface area contributed by atoms with Crippen LogP contribution in [0.25, 0.3) is 0 Å². The van der Waals surface area contributed by atoms with Crippen LogP contribution in [-0.4, -0.2) is 40.1 Å². The monoisotopic (exact) mass is 199 g/mol. The van der Waals surface area contributed by atoms with Crippen molar-refractivity contribution in [3.63, 3.8) is 0 Å². The third-order valence-corrected chi connectivity index (χ3v) is 1.83. The number of rotatable bonds is 3. The SMILES string of the molecule is Cn1cnc([N+](=O)[O-])c1C[N+](C)(C)C. The van der Waals surface area contributed by atoms with Gasteiger partial charge >= 0.3 is 5.82 Å². The van der Waals surface area contributed by atoms with Crippen LogP contribution in [0.4, 0.5) is 5.82 Å². The fraction of sp³-hybridized carbons (Fsp3) is 0.625. The van der Waals surface area contributed by atoms with Crippen LogP contribution in [0.3, 0.4) is 0 Å². The highest BCUT2D eigenvalue weighted by molar-refractivity contribution is 5.25. The van der Waals surface area contributed by atoms with Crippen molar-refractivity contribution in [2.24, 2.45) is 7.05 Å². The van der Waals surface area contributed by atoms with E-state index in [1.165, 1.54) is 6.33 Å². The fourth-order valence-corrected chi connectivity index (χ4v) is 1.23. The summed E-state index contributed by atoms with van der Waals surface area (Å²) in [6.45, 7) is 0.590. The van der Waals surface area contributed by atoms with E-state index < -0.39 is 4.92 Å². The van der Waals surface area contributed by atoms with E-state index in [4.69, 9.17) is 0 Å². The Morgan fingerprint density at radius 2 is 2.14 bits per heavy atom. The maximum atomic E-state index is 10.6. The molecule has 0 radical (unpaired) electrons. The molecular weight excluding hydrogens is 184 g/mol. The van der Waals surface area contributed by atoms with Gasteiger partial charge in [-0.05, 0) is 9.91 Å². The van der Waals surface area contributed by atoms with Gasteiger partial charge in [0.2, 0.25) is 6.33 Å². The van der Waals surface area contributed by atoms with Crippen LogP contribution in [0.15, 0.2) is 6.33 Å². The van der Waals surface area contributed by atoms with Gasteiger partial charge in [-0.15, -0.1) is 0 Å². The summed E-state index contributed by atoms with van der Waals surface area (Å²) in [6, 6.07) is 0. The molecule has 0 amide bonds. The minimum atomic E-state index is -0.439. The average molecular weight is 199 g/mol. The van der Waals surface area contributed by atoms with Crippen molar-refractivity contribution < 1.29 is 9.41 Å². The summed E-state index contributed by atoms with van der Waals surface area (Å²) in [5.74, 6) is -0.0412. The number of hydrogen-bond acceptors (Lipinski definition) is 3. The second kappa shape index (κ2) is 3.38. The van der Waals surface area contributed by atoms with E-state index in [9.17, 15) is 10.1 Å². The first-order chi connectivity index (χ1) is 6.31. The van der Waals surface area contributed by atoms with Gasteiger partial charge in [0.05, 0.1) is 21.1 Å². The number of hydrogen-bond donors (Lipinski definition) is 0. The highest BCUT2D eigenvalue weighted by Gasteiger charge is 2.24. The maximum absolute atomic E-state index is 10.6. The van der Waals surface area contributed by atoms with Crippen molar-refractivity contribution in [3.05, 3.63) is 22.1 Å². The van der Waals surface area contributed by atoms with Crippen LogP contribution >= 0.6 is 0 Å². The molecule has 1 rings (SSSR count). The number of aromatic nitrogens is 2. The molecule has 1 heterocycles. The molecule has 0 bridgehead atoms. The van der Waals surface area contributed by atoms with E-state index >= 15 is 0 Å². The molecule has 6 nitrogen and oxygen atoms in total. The van der Waals surface area contributed by atoms with Crippen LogP contribution in [0.2, 0.25) is 0 Å². The first kappa shape index (κ1) is 10.6. The third-order valence-electron chi connectivity index (χ3n) is 1.83. The zero-order chi connectivity index (χ0) is 10.9. The summed E-state index contributed by atoms with van der Waals surface area (Å²) < 4.78 is 2.34. The Morgan fingerprint density at radius 1 is 1.57 bits per heavy atom. The van der Waals surface area contributed by atoms with Crippen molar-refractivity contribution in [1.82, 2.24) is 9.55 Å². The Bertz CT molecular complexity index is 351. The number of nitrogens with zero attached hydrogens (tertiary/aromatic N) is 4. The van der Waals surface area contributed by atoms with Gasteiger partial charge in [0.1, 0.15) is 6.54 Å². The lowest BCUT2D eigenvalue weighted by Crippen LogP contribution is -2.34. The molecule has 0 aliphatic rings. The Morgan fingerprint density at radius 3 is 2.57 bits per heavy atom. The molecule has 6 heteroatoms.